The molecule has 4 aromatic rings. The molecule has 0 saturated heterocycles. The molecule has 4 rings (SSSR count). The van der Waals surface area contributed by atoms with Crippen molar-refractivity contribution in [2.75, 3.05) is 24.9 Å². The van der Waals surface area contributed by atoms with E-state index in [0.29, 0.717) is 28.4 Å². The van der Waals surface area contributed by atoms with Gasteiger partial charge in [-0.1, -0.05) is 48.0 Å². The number of nitrogens with one attached hydrogen (secondary N) is 2. The number of benzene rings is 4. The van der Waals surface area contributed by atoms with Gasteiger partial charge in [0.05, 0.1) is 24.8 Å². The first-order valence-corrected chi connectivity index (χ1v) is 13.2. The zero-order valence-corrected chi connectivity index (χ0v) is 23.1. The predicted octanol–water partition coefficient (Wildman–Crippen LogP) is 6.78. The number of ether oxygens (including phenoxy) is 2. The number of hydrogen-bond acceptors (Lipinski definition) is 6. The number of aromatic carboxylic acids is 1. The van der Waals surface area contributed by atoms with Crippen molar-refractivity contribution in [2.45, 2.75) is 10.1 Å². The van der Waals surface area contributed by atoms with E-state index in [1.165, 1.54) is 38.1 Å². The van der Waals surface area contributed by atoms with Gasteiger partial charge in [0, 0.05) is 21.8 Å². The van der Waals surface area contributed by atoms with Gasteiger partial charge >= 0.3 is 5.97 Å². The monoisotopic (exact) mass is 576 g/mol. The summed E-state index contributed by atoms with van der Waals surface area (Å²) < 4.78 is 10.5. The molecular formula is C30H25ClN2O6S. The molecule has 8 nitrogen and oxygen atoms in total. The van der Waals surface area contributed by atoms with Gasteiger partial charge < -0.3 is 25.2 Å². The van der Waals surface area contributed by atoms with Crippen molar-refractivity contribution >= 4 is 52.5 Å². The van der Waals surface area contributed by atoms with E-state index in [1.807, 2.05) is 36.4 Å². The minimum absolute atomic E-state index is 0.0754. The third-order valence-corrected chi connectivity index (χ3v) is 7.37. The van der Waals surface area contributed by atoms with Gasteiger partial charge in [0.25, 0.3) is 5.91 Å². The van der Waals surface area contributed by atoms with Crippen LogP contribution in [0.5, 0.6) is 11.5 Å². The van der Waals surface area contributed by atoms with Crippen LogP contribution < -0.4 is 20.1 Å². The first kappa shape index (κ1) is 28.5. The largest absolute Gasteiger partial charge is 0.493 e. The molecule has 0 spiro atoms. The normalized spacial score (nSPS) is 11.3. The lowest BCUT2D eigenvalue weighted by Crippen LogP contribution is -2.19. The molecule has 40 heavy (non-hydrogen) atoms. The summed E-state index contributed by atoms with van der Waals surface area (Å²) >= 11 is 7.26. The fourth-order valence-corrected chi connectivity index (χ4v) is 5.12. The van der Waals surface area contributed by atoms with Gasteiger partial charge in [-0.05, 0) is 60.2 Å². The molecule has 0 bridgehead atoms. The van der Waals surface area contributed by atoms with Crippen LogP contribution in [0.4, 0.5) is 11.4 Å². The second-order valence-corrected chi connectivity index (χ2v) is 10.0. The second-order valence-electron chi connectivity index (χ2n) is 8.45. The van der Waals surface area contributed by atoms with Gasteiger partial charge in [-0.25, -0.2) is 4.79 Å². The summed E-state index contributed by atoms with van der Waals surface area (Å²) in [4.78, 5) is 38.6. The third-order valence-electron chi connectivity index (χ3n) is 5.80. The highest BCUT2D eigenvalue weighted by Gasteiger charge is 2.23. The Balaban J connectivity index is 1.55. The average Bonchev–Trinajstić information content (AvgIpc) is 2.96. The number of carbonyl (C=O) groups excluding carboxylic acids is 2. The molecule has 0 aromatic heterocycles. The average molecular weight is 577 g/mol. The molecule has 0 aliphatic heterocycles. The highest BCUT2D eigenvalue weighted by atomic mass is 35.5. The molecule has 0 fully saturated rings. The summed E-state index contributed by atoms with van der Waals surface area (Å²) in [6, 6.07) is 25.5. The number of halogens is 1. The van der Waals surface area contributed by atoms with Gasteiger partial charge in [0.2, 0.25) is 5.91 Å². The van der Waals surface area contributed by atoms with Crippen LogP contribution in [0.3, 0.4) is 0 Å². The summed E-state index contributed by atoms with van der Waals surface area (Å²) in [6.45, 7) is 0. The summed E-state index contributed by atoms with van der Waals surface area (Å²) in [5.41, 5.74) is 1.88. The fourth-order valence-electron chi connectivity index (χ4n) is 3.84. The predicted molar refractivity (Wildman–Crippen MR) is 156 cm³/mol. The Hall–Kier alpha value is -4.47. The maximum atomic E-state index is 13.4. The Labute approximate surface area is 240 Å². The van der Waals surface area contributed by atoms with Crippen molar-refractivity contribution in [1.82, 2.24) is 0 Å². The van der Waals surface area contributed by atoms with E-state index in [2.05, 4.69) is 10.6 Å². The fraction of sp³-hybridized carbons (Fsp3) is 0.100. The van der Waals surface area contributed by atoms with Gasteiger partial charge in [-0.15, -0.1) is 11.8 Å². The van der Waals surface area contributed by atoms with Crippen LogP contribution in [-0.2, 0) is 4.79 Å². The molecular weight excluding hydrogens is 552 g/mol. The lowest BCUT2D eigenvalue weighted by Gasteiger charge is -2.18. The van der Waals surface area contributed by atoms with Crippen LogP contribution in [0, 0.1) is 0 Å². The molecule has 0 heterocycles. The van der Waals surface area contributed by atoms with E-state index in [-0.39, 0.29) is 22.4 Å². The Kier molecular flexibility index (Phi) is 9.31. The Morgan fingerprint density at radius 1 is 0.800 bits per heavy atom. The van der Waals surface area contributed by atoms with E-state index in [4.69, 9.17) is 21.1 Å². The van der Waals surface area contributed by atoms with E-state index < -0.39 is 11.2 Å². The van der Waals surface area contributed by atoms with Crippen LogP contribution >= 0.6 is 23.4 Å². The second kappa shape index (κ2) is 13.1. The van der Waals surface area contributed by atoms with Crippen molar-refractivity contribution in [3.8, 4) is 11.5 Å². The topological polar surface area (TPSA) is 114 Å². The van der Waals surface area contributed by atoms with Gasteiger partial charge in [-0.2, -0.15) is 0 Å². The van der Waals surface area contributed by atoms with Crippen LogP contribution in [0.15, 0.2) is 95.9 Å². The van der Waals surface area contributed by atoms with Crippen LogP contribution in [0.2, 0.25) is 5.02 Å². The smallest absolute Gasteiger partial charge is 0.337 e. The molecule has 0 saturated carbocycles. The van der Waals surface area contributed by atoms with E-state index in [9.17, 15) is 19.5 Å². The Bertz CT molecular complexity index is 1550. The molecule has 1 atom stereocenters. The van der Waals surface area contributed by atoms with Crippen LogP contribution in [0.25, 0.3) is 0 Å². The molecule has 0 aliphatic rings. The van der Waals surface area contributed by atoms with Crippen molar-refractivity contribution in [3.63, 3.8) is 0 Å². The van der Waals surface area contributed by atoms with Gasteiger partial charge in [0.15, 0.2) is 11.5 Å². The number of carboxylic acids is 1. The van der Waals surface area contributed by atoms with Crippen LogP contribution in [0.1, 0.15) is 31.5 Å². The number of rotatable bonds is 10. The van der Waals surface area contributed by atoms with Crippen molar-refractivity contribution in [2.24, 2.45) is 0 Å². The molecule has 204 valence electrons. The molecule has 2 amide bonds. The minimum Gasteiger partial charge on any atom is -0.493 e. The Morgan fingerprint density at radius 3 is 2.23 bits per heavy atom. The summed E-state index contributed by atoms with van der Waals surface area (Å²) in [5.74, 6) is -0.929. The highest BCUT2D eigenvalue weighted by molar-refractivity contribution is 8.00. The highest BCUT2D eigenvalue weighted by Crippen LogP contribution is 2.37. The lowest BCUT2D eigenvalue weighted by molar-refractivity contribution is -0.115. The van der Waals surface area contributed by atoms with E-state index >= 15 is 0 Å². The van der Waals surface area contributed by atoms with Crippen molar-refractivity contribution in [1.29, 1.82) is 0 Å². The van der Waals surface area contributed by atoms with Gasteiger partial charge in [-0.3, -0.25) is 9.59 Å². The van der Waals surface area contributed by atoms with E-state index in [1.54, 1.807) is 42.5 Å². The number of thioether (sulfide) groups is 1. The standard InChI is InChI=1S/C30H25ClN2O6S/c1-38-25-14-11-19(15-26(25)39-2)28(34)32-20-9-6-10-22(16-20)40-27(18-7-4-3-5-8-18)29(35)33-21-12-13-24(31)23(17-21)30(36)37/h3-17,27H,1-2H3,(H,32,34)(H,33,35)(H,36,37). The summed E-state index contributed by atoms with van der Waals surface area (Å²) in [5, 5.41) is 14.4. The number of amides is 2. The molecule has 1 unspecified atom stereocenters. The summed E-state index contributed by atoms with van der Waals surface area (Å²) in [6.07, 6.45) is 0. The molecule has 4 aromatic carbocycles. The number of carboxylic acid groups (broad SMARTS) is 1. The number of carbonyl (C=O) groups is 3. The van der Waals surface area contributed by atoms with Crippen molar-refractivity contribution < 1.29 is 29.0 Å². The maximum Gasteiger partial charge on any atom is 0.337 e. The molecule has 10 heteroatoms. The number of anilines is 2. The molecule has 0 radical (unpaired) electrons. The number of hydrogen-bond donors (Lipinski definition) is 3. The maximum absolute atomic E-state index is 13.4. The first-order chi connectivity index (χ1) is 19.3. The molecule has 0 aliphatic carbocycles. The first-order valence-electron chi connectivity index (χ1n) is 12.0. The SMILES string of the molecule is COc1ccc(C(=O)Nc2cccc(SC(C(=O)Nc3ccc(Cl)c(C(=O)O)c3)c3ccccc3)c2)cc1OC. The number of methoxy groups -OCH3 is 2. The van der Waals surface area contributed by atoms with E-state index in [0.717, 1.165) is 10.5 Å². The van der Waals surface area contributed by atoms with Crippen LogP contribution in [-0.4, -0.2) is 37.1 Å². The zero-order chi connectivity index (χ0) is 28.6. The summed E-state index contributed by atoms with van der Waals surface area (Å²) in [7, 11) is 3.02. The van der Waals surface area contributed by atoms with Gasteiger partial charge in [0.1, 0.15) is 5.25 Å². The minimum atomic E-state index is -1.19. The van der Waals surface area contributed by atoms with Crippen molar-refractivity contribution in [3.05, 3.63) is 113 Å². The third kappa shape index (κ3) is 6.93. The zero-order valence-electron chi connectivity index (χ0n) is 21.5. The quantitative estimate of drug-likeness (QED) is 0.178. The lowest BCUT2D eigenvalue weighted by atomic mass is 10.1. The Morgan fingerprint density at radius 2 is 1.52 bits per heavy atom. The molecule has 3 N–H and O–H groups in total.